The van der Waals surface area contributed by atoms with Crippen molar-refractivity contribution in [2.75, 3.05) is 46.9 Å². The number of carbonyl (C=O) groups is 1. The Bertz CT molecular complexity index is 297. The molecule has 2 aliphatic rings. The molecule has 1 saturated carbocycles. The SMILES string of the molecule is CN(C)C(=O)N1CCC(NCCCOCC2CC2)CC1. The molecule has 0 aromatic heterocycles. The molecule has 1 aliphatic heterocycles. The topological polar surface area (TPSA) is 44.8 Å². The van der Waals surface area contributed by atoms with Crippen LogP contribution in [-0.4, -0.2) is 68.8 Å². The summed E-state index contributed by atoms with van der Waals surface area (Å²) in [5.74, 6) is 0.863. The van der Waals surface area contributed by atoms with Crippen LogP contribution in [0.2, 0.25) is 0 Å². The molecule has 2 fully saturated rings. The van der Waals surface area contributed by atoms with Crippen molar-refractivity contribution >= 4 is 6.03 Å². The number of ether oxygens (including phenoxy) is 1. The van der Waals surface area contributed by atoms with E-state index in [1.807, 2.05) is 19.0 Å². The number of rotatable bonds is 7. The van der Waals surface area contributed by atoms with Gasteiger partial charge in [-0.15, -0.1) is 0 Å². The maximum absolute atomic E-state index is 11.8. The number of nitrogens with zero attached hydrogens (tertiary/aromatic N) is 2. The highest BCUT2D eigenvalue weighted by Gasteiger charge is 2.23. The van der Waals surface area contributed by atoms with Gasteiger partial charge in [0.05, 0.1) is 0 Å². The van der Waals surface area contributed by atoms with E-state index in [-0.39, 0.29) is 6.03 Å². The van der Waals surface area contributed by atoms with E-state index >= 15 is 0 Å². The standard InChI is InChI=1S/C15H29N3O2/c1-17(2)15(19)18-9-6-14(7-10-18)16-8-3-11-20-12-13-4-5-13/h13-14,16H,3-12H2,1-2H3. The number of hydrogen-bond acceptors (Lipinski definition) is 3. The summed E-state index contributed by atoms with van der Waals surface area (Å²) >= 11 is 0. The van der Waals surface area contributed by atoms with Crippen molar-refractivity contribution < 1.29 is 9.53 Å². The molecule has 0 radical (unpaired) electrons. The van der Waals surface area contributed by atoms with Gasteiger partial charge in [-0.2, -0.15) is 0 Å². The number of hydrogen-bond donors (Lipinski definition) is 1. The monoisotopic (exact) mass is 283 g/mol. The normalized spacial score (nSPS) is 20.2. The van der Waals surface area contributed by atoms with Crippen molar-refractivity contribution in [1.82, 2.24) is 15.1 Å². The number of likely N-dealkylation sites (tertiary alicyclic amines) is 1. The van der Waals surface area contributed by atoms with Crippen LogP contribution in [0, 0.1) is 5.92 Å². The third-order valence-electron chi connectivity index (χ3n) is 4.10. The van der Waals surface area contributed by atoms with Gasteiger partial charge < -0.3 is 19.9 Å². The third-order valence-corrected chi connectivity index (χ3v) is 4.10. The lowest BCUT2D eigenvalue weighted by Gasteiger charge is -2.34. The van der Waals surface area contributed by atoms with Gasteiger partial charge in [0, 0.05) is 46.4 Å². The van der Waals surface area contributed by atoms with Crippen molar-refractivity contribution in [3.8, 4) is 0 Å². The second-order valence-corrected chi connectivity index (χ2v) is 6.26. The molecule has 20 heavy (non-hydrogen) atoms. The van der Waals surface area contributed by atoms with Crippen LogP contribution >= 0.6 is 0 Å². The number of amides is 2. The van der Waals surface area contributed by atoms with E-state index in [0.717, 1.165) is 58.0 Å². The second-order valence-electron chi connectivity index (χ2n) is 6.26. The summed E-state index contributed by atoms with van der Waals surface area (Å²) in [6.45, 7) is 4.60. The Labute approximate surface area is 122 Å². The molecule has 0 aromatic carbocycles. The van der Waals surface area contributed by atoms with E-state index in [9.17, 15) is 4.79 Å². The van der Waals surface area contributed by atoms with Crippen molar-refractivity contribution in [2.45, 2.75) is 38.1 Å². The van der Waals surface area contributed by atoms with Crippen LogP contribution in [-0.2, 0) is 4.74 Å². The predicted molar refractivity (Wildman–Crippen MR) is 79.8 cm³/mol. The Hall–Kier alpha value is -0.810. The number of carbonyl (C=O) groups excluding carboxylic acids is 1. The van der Waals surface area contributed by atoms with Gasteiger partial charge in [0.2, 0.25) is 0 Å². The molecule has 2 rings (SSSR count). The molecule has 2 amide bonds. The van der Waals surface area contributed by atoms with Crippen LogP contribution in [0.4, 0.5) is 4.79 Å². The minimum Gasteiger partial charge on any atom is -0.381 e. The highest BCUT2D eigenvalue weighted by Crippen LogP contribution is 2.28. The highest BCUT2D eigenvalue weighted by atomic mass is 16.5. The first-order valence-corrected chi connectivity index (χ1v) is 7.94. The summed E-state index contributed by atoms with van der Waals surface area (Å²) in [5, 5.41) is 3.58. The Morgan fingerprint density at radius 2 is 1.95 bits per heavy atom. The molecule has 1 aliphatic carbocycles. The van der Waals surface area contributed by atoms with Crippen LogP contribution in [0.3, 0.4) is 0 Å². The third kappa shape index (κ3) is 5.29. The zero-order chi connectivity index (χ0) is 14.4. The zero-order valence-corrected chi connectivity index (χ0v) is 12.9. The molecule has 1 heterocycles. The van der Waals surface area contributed by atoms with E-state index in [1.54, 1.807) is 4.90 Å². The minimum absolute atomic E-state index is 0.136. The Balaban J connectivity index is 1.47. The molecule has 116 valence electrons. The second kappa shape index (κ2) is 7.84. The lowest BCUT2D eigenvalue weighted by Crippen LogP contribution is -2.48. The molecular formula is C15H29N3O2. The van der Waals surface area contributed by atoms with Gasteiger partial charge in [-0.1, -0.05) is 0 Å². The molecular weight excluding hydrogens is 254 g/mol. The number of urea groups is 1. The van der Waals surface area contributed by atoms with Crippen LogP contribution < -0.4 is 5.32 Å². The maximum atomic E-state index is 11.8. The minimum atomic E-state index is 0.136. The summed E-state index contributed by atoms with van der Waals surface area (Å²) in [7, 11) is 3.63. The van der Waals surface area contributed by atoms with Gasteiger partial charge in [0.1, 0.15) is 0 Å². The first-order chi connectivity index (χ1) is 9.66. The lowest BCUT2D eigenvalue weighted by molar-refractivity contribution is 0.120. The van der Waals surface area contributed by atoms with Gasteiger partial charge in [0.25, 0.3) is 0 Å². The molecule has 5 heteroatoms. The summed E-state index contributed by atoms with van der Waals surface area (Å²) in [5.41, 5.74) is 0. The van der Waals surface area contributed by atoms with E-state index in [2.05, 4.69) is 5.32 Å². The first-order valence-electron chi connectivity index (χ1n) is 7.94. The summed E-state index contributed by atoms with van der Waals surface area (Å²) < 4.78 is 5.62. The van der Waals surface area contributed by atoms with E-state index in [1.165, 1.54) is 12.8 Å². The van der Waals surface area contributed by atoms with Crippen molar-refractivity contribution in [3.63, 3.8) is 0 Å². The Morgan fingerprint density at radius 3 is 2.55 bits per heavy atom. The highest BCUT2D eigenvalue weighted by molar-refractivity contribution is 5.73. The molecule has 1 saturated heterocycles. The molecule has 0 spiro atoms. The zero-order valence-electron chi connectivity index (χ0n) is 12.9. The van der Waals surface area contributed by atoms with Crippen LogP contribution in [0.5, 0.6) is 0 Å². The number of piperidine rings is 1. The average Bonchev–Trinajstić information content (AvgIpc) is 3.26. The van der Waals surface area contributed by atoms with Crippen LogP contribution in [0.25, 0.3) is 0 Å². The Morgan fingerprint density at radius 1 is 1.25 bits per heavy atom. The van der Waals surface area contributed by atoms with E-state index < -0.39 is 0 Å². The van der Waals surface area contributed by atoms with E-state index in [4.69, 9.17) is 4.74 Å². The smallest absolute Gasteiger partial charge is 0.319 e. The Kier molecular flexibility index (Phi) is 6.10. The fourth-order valence-electron chi connectivity index (χ4n) is 2.57. The predicted octanol–water partition coefficient (Wildman–Crippen LogP) is 1.54. The summed E-state index contributed by atoms with van der Waals surface area (Å²) in [4.78, 5) is 15.4. The molecule has 0 aromatic rings. The maximum Gasteiger partial charge on any atom is 0.319 e. The van der Waals surface area contributed by atoms with Crippen LogP contribution in [0.15, 0.2) is 0 Å². The van der Waals surface area contributed by atoms with Crippen molar-refractivity contribution in [2.24, 2.45) is 5.92 Å². The van der Waals surface area contributed by atoms with Crippen molar-refractivity contribution in [3.05, 3.63) is 0 Å². The summed E-state index contributed by atoms with van der Waals surface area (Å²) in [6, 6.07) is 0.696. The van der Waals surface area contributed by atoms with Gasteiger partial charge >= 0.3 is 6.03 Å². The van der Waals surface area contributed by atoms with Gasteiger partial charge in [-0.25, -0.2) is 4.79 Å². The quantitative estimate of drug-likeness (QED) is 0.721. The molecule has 0 unspecified atom stereocenters. The molecule has 5 nitrogen and oxygen atoms in total. The molecule has 0 bridgehead atoms. The van der Waals surface area contributed by atoms with Crippen LogP contribution in [0.1, 0.15) is 32.1 Å². The van der Waals surface area contributed by atoms with Gasteiger partial charge in [-0.05, 0) is 44.6 Å². The largest absolute Gasteiger partial charge is 0.381 e. The average molecular weight is 283 g/mol. The van der Waals surface area contributed by atoms with Gasteiger partial charge in [-0.3, -0.25) is 0 Å². The number of nitrogens with one attached hydrogen (secondary N) is 1. The van der Waals surface area contributed by atoms with E-state index in [0.29, 0.717) is 6.04 Å². The van der Waals surface area contributed by atoms with Gasteiger partial charge in [0.15, 0.2) is 0 Å². The molecule has 0 atom stereocenters. The fraction of sp³-hybridized carbons (Fsp3) is 0.933. The fourth-order valence-corrected chi connectivity index (χ4v) is 2.57. The first kappa shape index (κ1) is 15.6. The summed E-state index contributed by atoms with van der Waals surface area (Å²) in [6.07, 6.45) is 5.93. The van der Waals surface area contributed by atoms with Crippen molar-refractivity contribution in [1.29, 1.82) is 0 Å². The lowest BCUT2D eigenvalue weighted by atomic mass is 10.1. The molecule has 1 N–H and O–H groups in total.